The van der Waals surface area contributed by atoms with Gasteiger partial charge >= 0.3 is 6.03 Å². The summed E-state index contributed by atoms with van der Waals surface area (Å²) in [7, 11) is 1.62. The molecule has 0 bridgehead atoms. The lowest BCUT2D eigenvalue weighted by molar-refractivity contribution is -0.117. The molecule has 0 unspecified atom stereocenters. The van der Waals surface area contributed by atoms with Crippen LogP contribution in [-0.4, -0.2) is 41.0 Å². The Morgan fingerprint density at radius 3 is 2.67 bits per heavy atom. The number of carbonyl (C=O) groups is 2. The quantitative estimate of drug-likeness (QED) is 0.606. The van der Waals surface area contributed by atoms with Crippen LogP contribution in [0.25, 0.3) is 0 Å². The van der Waals surface area contributed by atoms with Crippen molar-refractivity contribution in [1.82, 2.24) is 20.8 Å². The summed E-state index contributed by atoms with van der Waals surface area (Å²) < 4.78 is 5.77. The molecule has 1 aromatic carbocycles. The second kappa shape index (κ2) is 9.56. The van der Waals surface area contributed by atoms with E-state index in [1.54, 1.807) is 7.11 Å². The van der Waals surface area contributed by atoms with Crippen molar-refractivity contribution in [3.8, 4) is 5.75 Å². The van der Waals surface area contributed by atoms with Gasteiger partial charge < -0.3 is 15.4 Å². The maximum Gasteiger partial charge on any atom is 0.321 e. The number of thioether (sulfide) groups is 1. The summed E-state index contributed by atoms with van der Waals surface area (Å²) in [5, 5.41) is 17.1. The molecule has 3 amide bonds. The Morgan fingerprint density at radius 1 is 1.22 bits per heavy atom. The van der Waals surface area contributed by atoms with E-state index in [9.17, 15) is 9.59 Å². The molecule has 0 spiro atoms. The van der Waals surface area contributed by atoms with E-state index in [4.69, 9.17) is 4.74 Å². The van der Waals surface area contributed by atoms with Gasteiger partial charge in [-0.15, -0.1) is 10.2 Å². The molecule has 2 aromatic rings. The highest BCUT2D eigenvalue weighted by atomic mass is 32.2. The van der Waals surface area contributed by atoms with Crippen molar-refractivity contribution >= 4 is 45.9 Å². The molecule has 3 N–H and O–H groups in total. The highest BCUT2D eigenvalue weighted by Gasteiger charge is 2.18. The third kappa shape index (κ3) is 6.10. The second-order valence-electron chi connectivity index (χ2n) is 6.02. The number of aromatic nitrogens is 2. The maximum absolute atomic E-state index is 11.9. The number of imide groups is 1. The van der Waals surface area contributed by atoms with Crippen LogP contribution in [0.5, 0.6) is 5.75 Å². The van der Waals surface area contributed by atoms with Crippen LogP contribution in [0.2, 0.25) is 0 Å². The molecule has 0 atom stereocenters. The average Bonchev–Trinajstić information content (AvgIpc) is 3.32. The van der Waals surface area contributed by atoms with Crippen LogP contribution in [0.3, 0.4) is 0 Å². The first kappa shape index (κ1) is 19.4. The fourth-order valence-electron chi connectivity index (χ4n) is 2.70. The Morgan fingerprint density at radius 2 is 1.96 bits per heavy atom. The van der Waals surface area contributed by atoms with Crippen LogP contribution in [0.4, 0.5) is 15.6 Å². The van der Waals surface area contributed by atoms with Gasteiger partial charge in [-0.25, -0.2) is 4.79 Å². The Balaban J connectivity index is 1.41. The standard InChI is InChI=1S/C17H21N5O3S2/c1-25-13-8-6-12(7-9-13)19-16-21-22-17(27-16)26-10-14(23)20-15(24)18-11-4-2-3-5-11/h6-9,11H,2-5,10H2,1H3,(H,19,21)(H2,18,20,23,24). The number of hydrogen-bond acceptors (Lipinski definition) is 8. The third-order valence-electron chi connectivity index (χ3n) is 4.02. The van der Waals surface area contributed by atoms with Crippen LogP contribution in [0.1, 0.15) is 25.7 Å². The summed E-state index contributed by atoms with van der Waals surface area (Å²) >= 11 is 2.59. The van der Waals surface area contributed by atoms with Gasteiger partial charge in [0.25, 0.3) is 0 Å². The Kier molecular flexibility index (Phi) is 6.88. The highest BCUT2D eigenvalue weighted by molar-refractivity contribution is 8.01. The molecule has 1 aliphatic carbocycles. The summed E-state index contributed by atoms with van der Waals surface area (Å²) in [4.78, 5) is 23.7. The number of methoxy groups -OCH3 is 1. The number of ether oxygens (including phenoxy) is 1. The van der Waals surface area contributed by atoms with E-state index >= 15 is 0 Å². The van der Waals surface area contributed by atoms with E-state index in [0.29, 0.717) is 9.47 Å². The van der Waals surface area contributed by atoms with E-state index in [-0.39, 0.29) is 17.7 Å². The molecule has 1 saturated carbocycles. The van der Waals surface area contributed by atoms with Gasteiger partial charge in [0.15, 0.2) is 4.34 Å². The van der Waals surface area contributed by atoms with Crippen molar-refractivity contribution in [2.45, 2.75) is 36.1 Å². The maximum atomic E-state index is 11.9. The molecule has 0 radical (unpaired) electrons. The third-order valence-corrected chi connectivity index (χ3v) is 5.99. The molecule has 0 aliphatic heterocycles. The van der Waals surface area contributed by atoms with Crippen molar-refractivity contribution in [3.05, 3.63) is 24.3 Å². The van der Waals surface area contributed by atoms with E-state index < -0.39 is 6.03 Å². The van der Waals surface area contributed by atoms with Crippen molar-refractivity contribution in [2.75, 3.05) is 18.2 Å². The Bertz CT molecular complexity index is 775. The molecule has 27 heavy (non-hydrogen) atoms. The predicted octanol–water partition coefficient (Wildman–Crippen LogP) is 3.15. The molecule has 0 saturated heterocycles. The largest absolute Gasteiger partial charge is 0.497 e. The first-order chi connectivity index (χ1) is 13.1. The number of amides is 3. The number of hydrogen-bond donors (Lipinski definition) is 3. The van der Waals surface area contributed by atoms with Crippen LogP contribution < -0.4 is 20.7 Å². The van der Waals surface area contributed by atoms with Crippen LogP contribution in [0, 0.1) is 0 Å². The average molecular weight is 408 g/mol. The fraction of sp³-hybridized carbons (Fsp3) is 0.412. The number of nitrogens with zero attached hydrogens (tertiary/aromatic N) is 2. The van der Waals surface area contributed by atoms with Gasteiger partial charge in [0, 0.05) is 11.7 Å². The van der Waals surface area contributed by atoms with E-state index in [0.717, 1.165) is 37.1 Å². The van der Waals surface area contributed by atoms with Gasteiger partial charge in [0.05, 0.1) is 12.9 Å². The molecule has 1 fully saturated rings. The molecule has 8 nitrogen and oxygen atoms in total. The van der Waals surface area contributed by atoms with Crippen LogP contribution in [-0.2, 0) is 4.79 Å². The summed E-state index contributed by atoms with van der Waals surface area (Å²) in [6, 6.07) is 7.21. The minimum Gasteiger partial charge on any atom is -0.497 e. The number of anilines is 2. The summed E-state index contributed by atoms with van der Waals surface area (Å²) in [6.07, 6.45) is 4.20. The van der Waals surface area contributed by atoms with Crippen LogP contribution in [0.15, 0.2) is 28.6 Å². The van der Waals surface area contributed by atoms with E-state index in [1.807, 2.05) is 24.3 Å². The topological polar surface area (TPSA) is 105 Å². The number of benzene rings is 1. The minimum absolute atomic E-state index is 0.106. The van der Waals surface area contributed by atoms with Crippen molar-refractivity contribution < 1.29 is 14.3 Å². The second-order valence-corrected chi connectivity index (χ2v) is 8.22. The van der Waals surface area contributed by atoms with Crippen molar-refractivity contribution in [1.29, 1.82) is 0 Å². The lowest BCUT2D eigenvalue weighted by Crippen LogP contribution is -2.44. The van der Waals surface area contributed by atoms with Gasteiger partial charge in [-0.05, 0) is 37.1 Å². The molecule has 3 rings (SSSR count). The summed E-state index contributed by atoms with van der Waals surface area (Å²) in [6.45, 7) is 0. The lowest BCUT2D eigenvalue weighted by Gasteiger charge is -2.11. The molecule has 1 aromatic heterocycles. The smallest absolute Gasteiger partial charge is 0.321 e. The number of urea groups is 1. The zero-order chi connectivity index (χ0) is 19.1. The van der Waals surface area contributed by atoms with Gasteiger partial charge in [-0.1, -0.05) is 35.9 Å². The lowest BCUT2D eigenvalue weighted by atomic mass is 10.2. The van der Waals surface area contributed by atoms with Crippen molar-refractivity contribution in [2.24, 2.45) is 0 Å². The predicted molar refractivity (Wildman–Crippen MR) is 106 cm³/mol. The normalized spacial score (nSPS) is 14.0. The van der Waals surface area contributed by atoms with Gasteiger partial charge in [-0.2, -0.15) is 0 Å². The molecular formula is C17H21N5O3S2. The number of rotatable bonds is 7. The molecule has 144 valence electrons. The molecule has 1 heterocycles. The highest BCUT2D eigenvalue weighted by Crippen LogP contribution is 2.28. The van der Waals surface area contributed by atoms with E-state index in [2.05, 4.69) is 26.1 Å². The Labute approximate surface area is 165 Å². The number of carbonyl (C=O) groups excluding carboxylic acids is 2. The van der Waals surface area contributed by atoms with Crippen LogP contribution >= 0.6 is 23.1 Å². The zero-order valence-electron chi connectivity index (χ0n) is 14.9. The molecular weight excluding hydrogens is 386 g/mol. The van der Waals surface area contributed by atoms with Gasteiger partial charge in [-0.3, -0.25) is 10.1 Å². The van der Waals surface area contributed by atoms with Gasteiger partial charge in [0.2, 0.25) is 11.0 Å². The first-order valence-corrected chi connectivity index (χ1v) is 10.4. The summed E-state index contributed by atoms with van der Waals surface area (Å²) in [5.74, 6) is 0.530. The number of nitrogens with one attached hydrogen (secondary N) is 3. The first-order valence-electron chi connectivity index (χ1n) is 8.60. The molecule has 10 heteroatoms. The monoisotopic (exact) mass is 407 g/mol. The van der Waals surface area contributed by atoms with Gasteiger partial charge in [0.1, 0.15) is 5.75 Å². The Hall–Kier alpha value is -2.33. The zero-order valence-corrected chi connectivity index (χ0v) is 16.5. The van der Waals surface area contributed by atoms with E-state index in [1.165, 1.54) is 23.1 Å². The SMILES string of the molecule is COc1ccc(Nc2nnc(SCC(=O)NC(=O)NC3CCCC3)s2)cc1. The van der Waals surface area contributed by atoms with Crippen molar-refractivity contribution in [3.63, 3.8) is 0 Å². The fourth-order valence-corrected chi connectivity index (χ4v) is 4.27. The minimum atomic E-state index is -0.424. The summed E-state index contributed by atoms with van der Waals surface area (Å²) in [5.41, 5.74) is 0.866. The molecule has 1 aliphatic rings.